The van der Waals surface area contributed by atoms with Crippen LogP contribution in [0.5, 0.6) is 23.0 Å². The molecule has 316 valence electrons. The minimum Gasteiger partial charge on any atom is -0.405 e. The number of rotatable bonds is 18. The lowest BCUT2D eigenvalue weighted by molar-refractivity contribution is -0.385. The molecule has 4 aromatic rings. The number of phosphoric ester groups is 1. The average Bonchev–Trinajstić information content (AvgIpc) is 3.16. The van der Waals surface area contributed by atoms with Gasteiger partial charge < -0.3 is 23.2 Å². The first-order chi connectivity index (χ1) is 27.7. The number of non-ortho nitro benzene ring substituents is 4. The number of phosphoric acid groups is 1. The molecule has 4 aromatic carbocycles. The lowest BCUT2D eigenvalue weighted by atomic mass is 10.3. The number of nitro groups is 4. The molecule has 0 saturated carbocycles. The van der Waals surface area contributed by atoms with Gasteiger partial charge in [-0.3, -0.25) is 54.6 Å². The number of aliphatic hydroxyl groups excluding tert-OH is 1. The van der Waals surface area contributed by atoms with E-state index in [1.54, 1.807) is 0 Å². The zero-order valence-electron chi connectivity index (χ0n) is 30.3. The Morgan fingerprint density at radius 3 is 1.07 bits per heavy atom. The van der Waals surface area contributed by atoms with E-state index in [1.165, 1.54) is 62.4 Å². The molecule has 1 N–H and O–H groups in total. The van der Waals surface area contributed by atoms with Gasteiger partial charge in [-0.15, -0.1) is 0 Å². The number of halogens is 1. The van der Waals surface area contributed by atoms with Crippen LogP contribution >= 0.6 is 49.5 Å². The highest BCUT2D eigenvalue weighted by Gasteiger charge is 2.31. The molecule has 0 amide bonds. The fourth-order valence-electron chi connectivity index (χ4n) is 3.64. The molecule has 0 aliphatic rings. The second-order valence-corrected chi connectivity index (χ2v) is 17.0. The van der Waals surface area contributed by atoms with Crippen molar-refractivity contribution in [2.45, 2.75) is 13.8 Å². The summed E-state index contributed by atoms with van der Waals surface area (Å²) in [5, 5.41) is 50.6. The van der Waals surface area contributed by atoms with Crippen molar-refractivity contribution in [2.24, 2.45) is 0 Å². The average molecular weight is 921 g/mol. The molecule has 0 aliphatic heterocycles. The van der Waals surface area contributed by atoms with Crippen LogP contribution in [0, 0.1) is 40.5 Å². The monoisotopic (exact) mass is 920 g/mol. The van der Waals surface area contributed by atoms with Gasteiger partial charge in [0.05, 0.1) is 32.9 Å². The number of hydrogen-bond acceptors (Lipinski definition) is 20. The van der Waals surface area contributed by atoms with Gasteiger partial charge in [0, 0.05) is 85.1 Å². The molecule has 0 atom stereocenters. The van der Waals surface area contributed by atoms with Gasteiger partial charge in [-0.1, -0.05) is 23.5 Å². The fraction of sp³-hybridized carbons (Fsp3) is 0.188. The van der Waals surface area contributed by atoms with Crippen molar-refractivity contribution in [3.63, 3.8) is 0 Å². The van der Waals surface area contributed by atoms with Crippen LogP contribution in [0.3, 0.4) is 0 Å². The molecule has 0 aromatic heterocycles. The van der Waals surface area contributed by atoms with Gasteiger partial charge in [0.25, 0.3) is 22.7 Å². The van der Waals surface area contributed by atoms with E-state index >= 15 is 0 Å². The molecule has 27 heteroatoms. The summed E-state index contributed by atoms with van der Waals surface area (Å²) in [6.45, 7) is -1.29. The maximum absolute atomic E-state index is 13.0. The molecule has 0 bridgehead atoms. The van der Waals surface area contributed by atoms with Crippen molar-refractivity contribution >= 4 is 82.5 Å². The van der Waals surface area contributed by atoms with Crippen LogP contribution in [0.4, 0.5) is 22.7 Å². The third-order valence-electron chi connectivity index (χ3n) is 6.09. The number of thioether (sulfide) groups is 2. The first-order valence-corrected chi connectivity index (χ1v) is 21.8. The molecule has 0 fully saturated rings. The van der Waals surface area contributed by atoms with Gasteiger partial charge in [-0.25, -0.2) is 9.13 Å². The zero-order chi connectivity index (χ0) is 44.2. The predicted octanol–water partition coefficient (Wildman–Crippen LogP) is 8.93. The molecule has 59 heavy (non-hydrogen) atoms. The molecule has 0 saturated heterocycles. The van der Waals surface area contributed by atoms with Crippen molar-refractivity contribution in [1.29, 1.82) is 0 Å². The SMILES string of the molecule is CC(=O)SCCO.CC(=O)SCCOP(=O)(Oc1ccc([N+](=O)[O-])cc1)Oc1ccc([N+](=O)[O-])cc1.O=[N+]([O-])c1ccc(OP(=O)(Cl)Oc2ccc([N+](=O)[O-])cc2)cc1. The van der Waals surface area contributed by atoms with Crippen LogP contribution in [0.25, 0.3) is 0 Å². The summed E-state index contributed by atoms with van der Waals surface area (Å²) < 4.78 is 50.8. The van der Waals surface area contributed by atoms with Crippen LogP contribution < -0.4 is 18.1 Å². The first-order valence-electron chi connectivity index (χ1n) is 15.9. The van der Waals surface area contributed by atoms with Crippen LogP contribution in [0.1, 0.15) is 13.8 Å². The van der Waals surface area contributed by atoms with Gasteiger partial charge in [0.1, 0.15) is 23.0 Å². The molecule has 0 heterocycles. The summed E-state index contributed by atoms with van der Waals surface area (Å²) in [4.78, 5) is 61.1. The van der Waals surface area contributed by atoms with Crippen molar-refractivity contribution < 1.29 is 66.1 Å². The number of aliphatic hydroxyl groups is 1. The van der Waals surface area contributed by atoms with E-state index in [4.69, 9.17) is 39.0 Å². The zero-order valence-corrected chi connectivity index (χ0v) is 34.5. The highest BCUT2D eigenvalue weighted by atomic mass is 35.7. The topological polar surface area (TPSA) is 307 Å². The summed E-state index contributed by atoms with van der Waals surface area (Å²) in [5.41, 5.74) is -0.722. The highest BCUT2D eigenvalue weighted by Crippen LogP contribution is 2.53. The molecule has 0 aliphatic carbocycles. The van der Waals surface area contributed by atoms with Crippen LogP contribution in [0.2, 0.25) is 0 Å². The second-order valence-electron chi connectivity index (χ2n) is 10.5. The van der Waals surface area contributed by atoms with Crippen molar-refractivity contribution in [3.05, 3.63) is 138 Å². The predicted molar refractivity (Wildman–Crippen MR) is 215 cm³/mol. The minimum absolute atomic E-state index is 0.0100. The van der Waals surface area contributed by atoms with Crippen molar-refractivity contribution in [3.8, 4) is 23.0 Å². The maximum Gasteiger partial charge on any atom is 0.587 e. The number of carbonyl (C=O) groups excluding carboxylic acids is 2. The summed E-state index contributed by atoms with van der Waals surface area (Å²) in [6.07, 6.45) is 0. The van der Waals surface area contributed by atoms with Crippen LogP contribution in [-0.2, 0) is 23.2 Å². The van der Waals surface area contributed by atoms with Crippen molar-refractivity contribution in [1.82, 2.24) is 0 Å². The van der Waals surface area contributed by atoms with Crippen LogP contribution in [0.15, 0.2) is 97.1 Å². The van der Waals surface area contributed by atoms with E-state index in [0.29, 0.717) is 5.75 Å². The van der Waals surface area contributed by atoms with E-state index in [9.17, 15) is 59.2 Å². The third-order valence-corrected chi connectivity index (χ3v) is 10.3. The number of benzene rings is 4. The molecule has 0 unspecified atom stereocenters. The fourth-order valence-corrected chi connectivity index (χ4v) is 7.07. The number of nitrogens with zero attached hydrogens (tertiary/aromatic N) is 4. The Labute approximate surface area is 346 Å². The smallest absolute Gasteiger partial charge is 0.405 e. The molecule has 4 rings (SSSR count). The van der Waals surface area contributed by atoms with Gasteiger partial charge >= 0.3 is 14.8 Å². The highest BCUT2D eigenvalue weighted by molar-refractivity contribution is 8.13. The van der Waals surface area contributed by atoms with E-state index in [2.05, 4.69) is 0 Å². The minimum atomic E-state index is -4.27. The molecule has 0 radical (unpaired) electrons. The summed E-state index contributed by atoms with van der Waals surface area (Å²) >= 11 is 7.74. The lowest BCUT2D eigenvalue weighted by Crippen LogP contribution is -2.08. The third kappa shape index (κ3) is 19.6. The van der Waals surface area contributed by atoms with E-state index in [-0.39, 0.29) is 74.9 Å². The summed E-state index contributed by atoms with van der Waals surface area (Å²) in [5.74, 6) is 0.703. The van der Waals surface area contributed by atoms with Gasteiger partial charge in [-0.05, 0) is 48.5 Å². The molecular weight excluding hydrogens is 890 g/mol. The Morgan fingerprint density at radius 2 is 0.831 bits per heavy atom. The van der Waals surface area contributed by atoms with Gasteiger partial charge in [0.2, 0.25) is 0 Å². The van der Waals surface area contributed by atoms with E-state index < -0.39 is 34.5 Å². The normalized spacial score (nSPS) is 10.6. The Balaban J connectivity index is 0.000000356. The molecule has 0 spiro atoms. The largest absolute Gasteiger partial charge is 0.587 e. The maximum atomic E-state index is 13.0. The second kappa shape index (κ2) is 24.3. The first kappa shape index (κ1) is 49.5. The quantitative estimate of drug-likeness (QED) is 0.0421. The lowest BCUT2D eigenvalue weighted by Gasteiger charge is -2.18. The van der Waals surface area contributed by atoms with Crippen molar-refractivity contribution in [2.75, 3.05) is 24.7 Å². The van der Waals surface area contributed by atoms with Crippen LogP contribution in [-0.4, -0.2) is 59.7 Å². The van der Waals surface area contributed by atoms with Gasteiger partial charge in [-0.2, -0.15) is 0 Å². The number of hydrogen-bond donors (Lipinski definition) is 1. The Kier molecular flexibility index (Phi) is 20.4. The summed E-state index contributed by atoms with van der Waals surface area (Å²) in [7, 11) is -4.27. The summed E-state index contributed by atoms with van der Waals surface area (Å²) in [6, 6.07) is 18.9. The standard InChI is InChI=1S/C16H15N2O9PS.C12H8ClN2O7P.C4H8O2S/c1-12(19)29-11-10-25-28(24,26-15-6-2-13(3-7-15)17(20)21)27-16-8-4-14(5-9-16)18(22)23;13-23(20,21-11-5-1-9(2-6-11)14(16)17)22-12-7-3-10(4-8-12)15(18)19;1-4(6)7-3-2-5/h2-9H,10-11H2,1H3;1-8H;5H,2-3H2,1H3. The van der Waals surface area contributed by atoms with E-state index in [1.807, 2.05) is 0 Å². The van der Waals surface area contributed by atoms with E-state index in [0.717, 1.165) is 72.1 Å². The molecule has 22 nitrogen and oxygen atoms in total. The van der Waals surface area contributed by atoms with Gasteiger partial charge in [0.15, 0.2) is 10.2 Å². The Bertz CT molecular complexity index is 2040. The number of nitro benzene ring substituents is 4. The number of carbonyl (C=O) groups is 2. The Hall–Kier alpha value is -5.61. The Morgan fingerprint density at radius 1 is 0.559 bits per heavy atom. The molecular formula is C32H31ClN4O18P2S2.